The molecule has 142 valence electrons. The summed E-state index contributed by atoms with van der Waals surface area (Å²) >= 11 is 0. The lowest BCUT2D eigenvalue weighted by Crippen LogP contribution is -2.47. The summed E-state index contributed by atoms with van der Waals surface area (Å²) in [6.45, 7) is 7.48. The van der Waals surface area contributed by atoms with Crippen molar-refractivity contribution < 1.29 is 14.3 Å². The standard InChI is InChI=1S/C20H29N3O3/c1-20(2,3)26-19(25)22-12-4-6-16(14-22)18(24)23-13-5-7-17(23)15-8-10-21-11-9-15/h8-11,16-17H,4-7,12-14H2,1-3H3/t16-,17+/m1/s1. The van der Waals surface area contributed by atoms with Crippen molar-refractivity contribution in [1.29, 1.82) is 0 Å². The van der Waals surface area contributed by atoms with E-state index in [0.29, 0.717) is 13.1 Å². The average molecular weight is 359 g/mol. The van der Waals surface area contributed by atoms with Crippen LogP contribution in [0.4, 0.5) is 4.79 Å². The smallest absolute Gasteiger partial charge is 0.410 e. The molecular formula is C20H29N3O3. The van der Waals surface area contributed by atoms with Crippen LogP contribution < -0.4 is 0 Å². The molecule has 0 radical (unpaired) electrons. The molecule has 0 aliphatic carbocycles. The van der Waals surface area contributed by atoms with Crippen molar-refractivity contribution in [2.24, 2.45) is 5.92 Å². The van der Waals surface area contributed by atoms with Crippen molar-refractivity contribution in [2.75, 3.05) is 19.6 Å². The lowest BCUT2D eigenvalue weighted by atomic mass is 9.95. The summed E-state index contributed by atoms with van der Waals surface area (Å²) in [7, 11) is 0. The third-order valence-corrected chi connectivity index (χ3v) is 5.05. The number of carbonyl (C=O) groups is 2. The van der Waals surface area contributed by atoms with Crippen LogP contribution in [-0.4, -0.2) is 52.0 Å². The van der Waals surface area contributed by atoms with Gasteiger partial charge in [-0.1, -0.05) is 0 Å². The Morgan fingerprint density at radius 2 is 1.81 bits per heavy atom. The molecular weight excluding hydrogens is 330 g/mol. The molecule has 0 saturated carbocycles. The Labute approximate surface area is 155 Å². The third kappa shape index (κ3) is 4.34. The number of carbonyl (C=O) groups excluding carboxylic acids is 2. The summed E-state index contributed by atoms with van der Waals surface area (Å²) in [5.74, 6) is 0.0243. The van der Waals surface area contributed by atoms with E-state index in [0.717, 1.165) is 37.8 Å². The van der Waals surface area contributed by atoms with Crippen LogP contribution in [0.15, 0.2) is 24.5 Å². The molecule has 6 nitrogen and oxygen atoms in total. The van der Waals surface area contributed by atoms with Crippen molar-refractivity contribution in [1.82, 2.24) is 14.8 Å². The van der Waals surface area contributed by atoms with Crippen molar-refractivity contribution >= 4 is 12.0 Å². The molecule has 2 amide bonds. The van der Waals surface area contributed by atoms with Crippen LogP contribution in [0.2, 0.25) is 0 Å². The van der Waals surface area contributed by atoms with Crippen LogP contribution >= 0.6 is 0 Å². The van der Waals surface area contributed by atoms with E-state index in [1.165, 1.54) is 0 Å². The number of amides is 2. The van der Waals surface area contributed by atoms with Gasteiger partial charge in [0.25, 0.3) is 0 Å². The molecule has 2 aliphatic heterocycles. The molecule has 3 heterocycles. The number of piperidine rings is 1. The first kappa shape index (κ1) is 18.7. The normalized spacial score (nSPS) is 23.8. The number of pyridine rings is 1. The molecule has 6 heteroatoms. The fourth-order valence-corrected chi connectivity index (χ4v) is 3.87. The molecule has 26 heavy (non-hydrogen) atoms. The second-order valence-corrected chi connectivity index (χ2v) is 8.24. The van der Waals surface area contributed by atoms with Gasteiger partial charge in [0.05, 0.1) is 12.0 Å². The quantitative estimate of drug-likeness (QED) is 0.812. The Bertz CT molecular complexity index is 641. The van der Waals surface area contributed by atoms with Crippen LogP contribution in [0.5, 0.6) is 0 Å². The molecule has 3 rings (SSSR count). The fourth-order valence-electron chi connectivity index (χ4n) is 3.87. The molecule has 2 atom stereocenters. The number of aromatic nitrogens is 1. The van der Waals surface area contributed by atoms with E-state index in [4.69, 9.17) is 4.74 Å². The van der Waals surface area contributed by atoms with Gasteiger partial charge in [0.1, 0.15) is 5.60 Å². The van der Waals surface area contributed by atoms with E-state index in [2.05, 4.69) is 4.98 Å². The summed E-state index contributed by atoms with van der Waals surface area (Å²) in [4.78, 5) is 33.3. The van der Waals surface area contributed by atoms with E-state index in [1.54, 1.807) is 17.3 Å². The van der Waals surface area contributed by atoms with Crippen molar-refractivity contribution in [2.45, 2.75) is 58.1 Å². The van der Waals surface area contributed by atoms with Crippen molar-refractivity contribution in [3.8, 4) is 0 Å². The van der Waals surface area contributed by atoms with Gasteiger partial charge in [-0.3, -0.25) is 9.78 Å². The van der Waals surface area contributed by atoms with Crippen LogP contribution in [0.1, 0.15) is 58.1 Å². The van der Waals surface area contributed by atoms with Gasteiger partial charge in [-0.25, -0.2) is 4.79 Å². The molecule has 0 N–H and O–H groups in total. The third-order valence-electron chi connectivity index (χ3n) is 5.05. The van der Waals surface area contributed by atoms with E-state index in [-0.39, 0.29) is 24.0 Å². The number of likely N-dealkylation sites (tertiary alicyclic amines) is 2. The van der Waals surface area contributed by atoms with Gasteiger partial charge in [-0.15, -0.1) is 0 Å². The molecule has 1 aromatic heterocycles. The highest BCUT2D eigenvalue weighted by molar-refractivity contribution is 5.81. The zero-order valence-corrected chi connectivity index (χ0v) is 16.0. The molecule has 0 aromatic carbocycles. The van der Waals surface area contributed by atoms with Crippen molar-refractivity contribution in [3.05, 3.63) is 30.1 Å². The lowest BCUT2D eigenvalue weighted by molar-refractivity contribution is -0.138. The van der Waals surface area contributed by atoms with E-state index >= 15 is 0 Å². The molecule has 0 bridgehead atoms. The number of rotatable bonds is 2. The molecule has 0 unspecified atom stereocenters. The zero-order valence-electron chi connectivity index (χ0n) is 16.0. The van der Waals surface area contributed by atoms with E-state index < -0.39 is 5.60 Å². The minimum atomic E-state index is -0.518. The summed E-state index contributed by atoms with van der Waals surface area (Å²) in [5, 5.41) is 0. The Balaban J connectivity index is 1.66. The van der Waals surface area contributed by atoms with Gasteiger partial charge in [-0.05, 0) is 64.2 Å². The minimum absolute atomic E-state index is 0.127. The van der Waals surface area contributed by atoms with Crippen molar-refractivity contribution in [3.63, 3.8) is 0 Å². The van der Waals surface area contributed by atoms with E-state index in [9.17, 15) is 9.59 Å². The van der Waals surface area contributed by atoms with Gasteiger partial charge in [0, 0.05) is 32.0 Å². The predicted molar refractivity (Wildman–Crippen MR) is 98.5 cm³/mol. The van der Waals surface area contributed by atoms with Crippen LogP contribution in [0.25, 0.3) is 0 Å². The Morgan fingerprint density at radius 3 is 2.50 bits per heavy atom. The monoisotopic (exact) mass is 359 g/mol. The van der Waals surface area contributed by atoms with Crippen LogP contribution in [-0.2, 0) is 9.53 Å². The minimum Gasteiger partial charge on any atom is -0.444 e. The van der Waals surface area contributed by atoms with Gasteiger partial charge >= 0.3 is 6.09 Å². The second kappa shape index (κ2) is 7.64. The summed E-state index contributed by atoms with van der Waals surface area (Å²) in [6, 6.07) is 4.11. The highest BCUT2D eigenvalue weighted by Gasteiger charge is 2.37. The highest BCUT2D eigenvalue weighted by Crippen LogP contribution is 2.34. The predicted octanol–water partition coefficient (Wildman–Crippen LogP) is 3.39. The SMILES string of the molecule is CC(C)(C)OC(=O)N1CCC[C@@H](C(=O)N2CCC[C@H]2c2ccncc2)C1. The van der Waals surface area contributed by atoms with Gasteiger partial charge in [0.15, 0.2) is 0 Å². The lowest BCUT2D eigenvalue weighted by Gasteiger charge is -2.36. The molecule has 1 aromatic rings. The van der Waals surface area contributed by atoms with Gasteiger partial charge in [-0.2, -0.15) is 0 Å². The Hall–Kier alpha value is -2.11. The number of hydrogen-bond donors (Lipinski definition) is 0. The number of hydrogen-bond acceptors (Lipinski definition) is 4. The van der Waals surface area contributed by atoms with Crippen LogP contribution in [0.3, 0.4) is 0 Å². The maximum absolute atomic E-state index is 13.2. The highest BCUT2D eigenvalue weighted by atomic mass is 16.6. The largest absolute Gasteiger partial charge is 0.444 e. The first-order chi connectivity index (χ1) is 12.3. The zero-order chi connectivity index (χ0) is 18.7. The Kier molecular flexibility index (Phi) is 5.49. The van der Waals surface area contributed by atoms with Gasteiger partial charge < -0.3 is 14.5 Å². The number of ether oxygens (including phenoxy) is 1. The first-order valence-electron chi connectivity index (χ1n) is 9.53. The first-order valence-corrected chi connectivity index (χ1v) is 9.53. The van der Waals surface area contributed by atoms with E-state index in [1.807, 2.05) is 37.8 Å². The summed E-state index contributed by atoms with van der Waals surface area (Å²) in [6.07, 6.45) is 6.91. The molecule has 0 spiro atoms. The summed E-state index contributed by atoms with van der Waals surface area (Å²) < 4.78 is 5.48. The van der Waals surface area contributed by atoms with Crippen LogP contribution in [0, 0.1) is 5.92 Å². The number of nitrogens with zero attached hydrogens (tertiary/aromatic N) is 3. The fraction of sp³-hybridized carbons (Fsp3) is 0.650. The molecule has 2 aliphatic rings. The second-order valence-electron chi connectivity index (χ2n) is 8.24. The maximum Gasteiger partial charge on any atom is 0.410 e. The maximum atomic E-state index is 13.2. The average Bonchev–Trinajstić information content (AvgIpc) is 3.10. The summed E-state index contributed by atoms with van der Waals surface area (Å²) in [5.41, 5.74) is 0.626. The topological polar surface area (TPSA) is 62.7 Å². The van der Waals surface area contributed by atoms with Gasteiger partial charge in [0.2, 0.25) is 5.91 Å². The molecule has 2 saturated heterocycles. The Morgan fingerprint density at radius 1 is 1.12 bits per heavy atom. The molecule has 2 fully saturated rings.